The highest BCUT2D eigenvalue weighted by molar-refractivity contribution is 4.93. The zero-order chi connectivity index (χ0) is 7.40. The van der Waals surface area contributed by atoms with Crippen molar-refractivity contribution in [2.24, 2.45) is 0 Å². The van der Waals surface area contributed by atoms with E-state index in [1.807, 2.05) is 0 Å². The molecule has 1 heteroatoms. The molecule has 0 aromatic carbocycles. The predicted octanol–water partition coefficient (Wildman–Crippen LogP) is 2.09. The Balaban J connectivity index is 1.88. The van der Waals surface area contributed by atoms with Gasteiger partial charge in [0.15, 0.2) is 0 Å². The summed E-state index contributed by atoms with van der Waals surface area (Å²) < 4.78 is 0. The number of hydrogen-bond acceptors (Lipinski definition) is 1. The van der Waals surface area contributed by atoms with E-state index in [1.54, 1.807) is 0 Å². The molecule has 1 saturated carbocycles. The average molecular weight is 139 g/mol. The smallest absolute Gasteiger partial charge is 0.00683 e. The van der Waals surface area contributed by atoms with Crippen LogP contribution in [0.4, 0.5) is 0 Å². The molecular formula is C9H17N. The zero-order valence-corrected chi connectivity index (χ0v) is 6.82. The Morgan fingerprint density at radius 3 is 2.80 bits per heavy atom. The third kappa shape index (κ3) is 3.02. The molecule has 0 heterocycles. The lowest BCUT2D eigenvalue weighted by molar-refractivity contribution is 0.673. The van der Waals surface area contributed by atoms with E-state index in [9.17, 15) is 0 Å². The van der Waals surface area contributed by atoms with Crippen molar-refractivity contribution in [1.29, 1.82) is 0 Å². The Hall–Kier alpha value is -0.300. The van der Waals surface area contributed by atoms with E-state index >= 15 is 0 Å². The summed E-state index contributed by atoms with van der Waals surface area (Å²) in [5.74, 6) is 0. The van der Waals surface area contributed by atoms with Crippen LogP contribution in [-0.4, -0.2) is 12.6 Å². The standard InChI is InChI=1S/C9H17N/c1-3-8(2)6-7-10-9-4-5-9/h9-10H,2-7H2,1H3. The van der Waals surface area contributed by atoms with E-state index in [0.717, 1.165) is 25.4 Å². The van der Waals surface area contributed by atoms with Crippen LogP contribution < -0.4 is 5.32 Å². The summed E-state index contributed by atoms with van der Waals surface area (Å²) in [6.45, 7) is 7.25. The molecule has 1 fully saturated rings. The van der Waals surface area contributed by atoms with Crippen molar-refractivity contribution in [2.45, 2.75) is 38.6 Å². The molecule has 1 N–H and O–H groups in total. The highest BCUT2D eigenvalue weighted by Gasteiger charge is 2.19. The molecule has 0 saturated heterocycles. The lowest BCUT2D eigenvalue weighted by Crippen LogP contribution is -2.17. The van der Waals surface area contributed by atoms with Gasteiger partial charge in [-0.15, -0.1) is 0 Å². The summed E-state index contributed by atoms with van der Waals surface area (Å²) in [6.07, 6.45) is 5.07. The molecule has 0 aromatic heterocycles. The number of rotatable bonds is 5. The number of hydrogen-bond donors (Lipinski definition) is 1. The summed E-state index contributed by atoms with van der Waals surface area (Å²) in [6, 6.07) is 0.852. The van der Waals surface area contributed by atoms with Gasteiger partial charge in [-0.2, -0.15) is 0 Å². The maximum absolute atomic E-state index is 3.95. The summed E-state index contributed by atoms with van der Waals surface area (Å²) in [5, 5.41) is 3.46. The second kappa shape index (κ2) is 3.77. The van der Waals surface area contributed by atoms with Crippen molar-refractivity contribution >= 4 is 0 Å². The second-order valence-electron chi connectivity index (χ2n) is 3.08. The maximum Gasteiger partial charge on any atom is 0.00683 e. The van der Waals surface area contributed by atoms with Gasteiger partial charge >= 0.3 is 0 Å². The third-order valence-corrected chi connectivity index (χ3v) is 1.99. The molecule has 1 aliphatic carbocycles. The van der Waals surface area contributed by atoms with Gasteiger partial charge in [0.1, 0.15) is 0 Å². The van der Waals surface area contributed by atoms with Gasteiger partial charge in [-0.25, -0.2) is 0 Å². The van der Waals surface area contributed by atoms with Gasteiger partial charge in [0.2, 0.25) is 0 Å². The molecule has 0 unspecified atom stereocenters. The molecule has 0 aliphatic heterocycles. The van der Waals surface area contributed by atoms with Crippen molar-refractivity contribution in [1.82, 2.24) is 5.32 Å². The van der Waals surface area contributed by atoms with Crippen LogP contribution in [0.5, 0.6) is 0 Å². The van der Waals surface area contributed by atoms with Crippen LogP contribution in [0.2, 0.25) is 0 Å². The molecule has 1 aliphatic rings. The first kappa shape index (κ1) is 7.80. The van der Waals surface area contributed by atoms with Crippen molar-refractivity contribution in [3.05, 3.63) is 12.2 Å². The van der Waals surface area contributed by atoms with Crippen LogP contribution in [0.25, 0.3) is 0 Å². The molecule has 0 radical (unpaired) electrons. The predicted molar refractivity (Wildman–Crippen MR) is 45.1 cm³/mol. The fourth-order valence-corrected chi connectivity index (χ4v) is 0.917. The lowest BCUT2D eigenvalue weighted by atomic mass is 10.2. The fourth-order valence-electron chi connectivity index (χ4n) is 0.917. The largest absolute Gasteiger partial charge is 0.314 e. The molecule has 0 atom stereocenters. The SMILES string of the molecule is C=C(CC)CCNC1CC1. The third-order valence-electron chi connectivity index (χ3n) is 1.99. The molecular weight excluding hydrogens is 122 g/mol. The molecule has 0 amide bonds. The topological polar surface area (TPSA) is 12.0 Å². The van der Waals surface area contributed by atoms with Crippen LogP contribution in [0.15, 0.2) is 12.2 Å². The van der Waals surface area contributed by atoms with Crippen molar-refractivity contribution in [3.63, 3.8) is 0 Å². The minimum atomic E-state index is 0.852. The van der Waals surface area contributed by atoms with Gasteiger partial charge < -0.3 is 5.32 Å². The molecule has 1 rings (SSSR count). The quantitative estimate of drug-likeness (QED) is 0.575. The Kier molecular flexibility index (Phi) is 2.94. The maximum atomic E-state index is 3.95. The van der Waals surface area contributed by atoms with Gasteiger partial charge in [-0.1, -0.05) is 19.1 Å². The van der Waals surface area contributed by atoms with E-state index in [2.05, 4.69) is 18.8 Å². The first-order valence-corrected chi connectivity index (χ1v) is 4.23. The molecule has 0 spiro atoms. The van der Waals surface area contributed by atoms with Crippen molar-refractivity contribution in [2.75, 3.05) is 6.54 Å². The van der Waals surface area contributed by atoms with Gasteiger partial charge in [-0.3, -0.25) is 0 Å². The van der Waals surface area contributed by atoms with E-state index in [4.69, 9.17) is 0 Å². The molecule has 58 valence electrons. The molecule has 1 nitrogen and oxygen atoms in total. The zero-order valence-electron chi connectivity index (χ0n) is 6.82. The molecule has 0 bridgehead atoms. The van der Waals surface area contributed by atoms with E-state index in [0.29, 0.717) is 0 Å². The number of nitrogens with one attached hydrogen (secondary N) is 1. The van der Waals surface area contributed by atoms with Gasteiger partial charge in [-0.05, 0) is 32.2 Å². The van der Waals surface area contributed by atoms with Crippen molar-refractivity contribution in [3.8, 4) is 0 Å². The average Bonchev–Trinajstić information content (AvgIpc) is 2.71. The van der Waals surface area contributed by atoms with Crippen LogP contribution in [0.3, 0.4) is 0 Å². The van der Waals surface area contributed by atoms with Gasteiger partial charge in [0.05, 0.1) is 0 Å². The normalized spacial score (nSPS) is 17.3. The van der Waals surface area contributed by atoms with E-state index in [-0.39, 0.29) is 0 Å². The summed E-state index contributed by atoms with van der Waals surface area (Å²) in [5.41, 5.74) is 1.37. The Morgan fingerprint density at radius 2 is 2.30 bits per heavy atom. The summed E-state index contributed by atoms with van der Waals surface area (Å²) >= 11 is 0. The Labute approximate surface area is 63.5 Å². The van der Waals surface area contributed by atoms with E-state index in [1.165, 1.54) is 18.4 Å². The van der Waals surface area contributed by atoms with Crippen LogP contribution in [0.1, 0.15) is 32.6 Å². The van der Waals surface area contributed by atoms with Crippen molar-refractivity contribution < 1.29 is 0 Å². The Morgan fingerprint density at radius 1 is 1.60 bits per heavy atom. The minimum absolute atomic E-state index is 0.852. The second-order valence-corrected chi connectivity index (χ2v) is 3.08. The van der Waals surface area contributed by atoms with Gasteiger partial charge in [0, 0.05) is 6.04 Å². The molecule has 0 aromatic rings. The summed E-state index contributed by atoms with van der Waals surface area (Å²) in [4.78, 5) is 0. The van der Waals surface area contributed by atoms with E-state index < -0.39 is 0 Å². The fraction of sp³-hybridized carbons (Fsp3) is 0.778. The molecule has 10 heavy (non-hydrogen) atoms. The Bertz CT molecular complexity index is 114. The van der Waals surface area contributed by atoms with Gasteiger partial charge in [0.25, 0.3) is 0 Å². The first-order chi connectivity index (χ1) is 4.83. The first-order valence-electron chi connectivity index (χ1n) is 4.23. The lowest BCUT2D eigenvalue weighted by Gasteiger charge is -2.02. The van der Waals surface area contributed by atoms with Crippen LogP contribution >= 0.6 is 0 Å². The minimum Gasteiger partial charge on any atom is -0.314 e. The van der Waals surface area contributed by atoms with Crippen LogP contribution in [0, 0.1) is 0 Å². The summed E-state index contributed by atoms with van der Waals surface area (Å²) in [7, 11) is 0. The van der Waals surface area contributed by atoms with Crippen LogP contribution in [-0.2, 0) is 0 Å². The highest BCUT2D eigenvalue weighted by Crippen LogP contribution is 2.18. The highest BCUT2D eigenvalue weighted by atomic mass is 14.9. The monoisotopic (exact) mass is 139 g/mol.